The predicted octanol–water partition coefficient (Wildman–Crippen LogP) is 2.41. The number of carbonyl (C=O) groups is 1. The summed E-state index contributed by atoms with van der Waals surface area (Å²) in [7, 11) is 1.83. The minimum atomic E-state index is -0.226. The second-order valence-electron chi connectivity index (χ2n) is 4.50. The molecule has 86 valence electrons. The van der Waals surface area contributed by atoms with Crippen molar-refractivity contribution in [2.45, 2.75) is 19.3 Å². The molecule has 1 aliphatic heterocycles. The summed E-state index contributed by atoms with van der Waals surface area (Å²) in [5.41, 5.74) is 1.07. The molecule has 0 unspecified atom stereocenters. The van der Waals surface area contributed by atoms with Crippen molar-refractivity contribution in [3.05, 3.63) is 35.6 Å². The summed E-state index contributed by atoms with van der Waals surface area (Å²) in [5, 5.41) is 0. The van der Waals surface area contributed by atoms with Crippen LogP contribution in [-0.2, 0) is 4.79 Å². The minimum absolute atomic E-state index is 0.00999. The van der Waals surface area contributed by atoms with E-state index in [0.29, 0.717) is 0 Å². The number of piperidine rings is 1. The van der Waals surface area contributed by atoms with E-state index in [1.165, 1.54) is 12.1 Å². The van der Waals surface area contributed by atoms with Gasteiger partial charge in [0.2, 0.25) is 5.91 Å². The first-order valence-electron chi connectivity index (χ1n) is 5.60. The number of rotatable bonds is 1. The standard InChI is InChI=1S/C13H16FNO/c1-9-12(7-8-15(2)13(9)16)10-3-5-11(14)6-4-10/h3-6,9,12H,7-8H2,1-2H3/t9-,12+/m1/s1. The van der Waals surface area contributed by atoms with Crippen LogP contribution in [0.4, 0.5) is 4.39 Å². The molecule has 1 aromatic rings. The van der Waals surface area contributed by atoms with Gasteiger partial charge >= 0.3 is 0 Å². The SMILES string of the molecule is C[C@H]1C(=O)N(C)CC[C@@H]1c1ccc(F)cc1. The van der Waals surface area contributed by atoms with Crippen LogP contribution in [0.2, 0.25) is 0 Å². The highest BCUT2D eigenvalue weighted by atomic mass is 19.1. The Hall–Kier alpha value is -1.38. The van der Waals surface area contributed by atoms with Crippen LogP contribution in [0, 0.1) is 11.7 Å². The summed E-state index contributed by atoms with van der Waals surface area (Å²) in [6.07, 6.45) is 0.953. The van der Waals surface area contributed by atoms with Gasteiger partial charge < -0.3 is 4.90 Å². The van der Waals surface area contributed by atoms with Gasteiger partial charge in [0.05, 0.1) is 0 Å². The molecule has 1 amide bonds. The summed E-state index contributed by atoms with van der Waals surface area (Å²) in [6.45, 7) is 2.73. The maximum absolute atomic E-state index is 12.8. The number of nitrogens with zero attached hydrogens (tertiary/aromatic N) is 1. The Balaban J connectivity index is 2.21. The average molecular weight is 221 g/mol. The average Bonchev–Trinajstić information content (AvgIpc) is 2.28. The van der Waals surface area contributed by atoms with E-state index in [1.54, 1.807) is 17.0 Å². The molecule has 3 heteroatoms. The zero-order valence-electron chi connectivity index (χ0n) is 9.61. The van der Waals surface area contributed by atoms with Crippen molar-refractivity contribution >= 4 is 5.91 Å². The Kier molecular flexibility index (Phi) is 2.95. The van der Waals surface area contributed by atoms with Gasteiger partial charge in [0.15, 0.2) is 0 Å². The van der Waals surface area contributed by atoms with E-state index in [4.69, 9.17) is 0 Å². The van der Waals surface area contributed by atoms with E-state index in [1.807, 2.05) is 14.0 Å². The van der Waals surface area contributed by atoms with Gasteiger partial charge in [0.25, 0.3) is 0 Å². The van der Waals surface area contributed by atoms with Gasteiger partial charge in [-0.05, 0) is 30.0 Å². The number of halogens is 1. The molecule has 0 aromatic heterocycles. The molecule has 0 bridgehead atoms. The zero-order valence-corrected chi connectivity index (χ0v) is 9.61. The molecule has 0 radical (unpaired) electrons. The van der Waals surface area contributed by atoms with Crippen molar-refractivity contribution < 1.29 is 9.18 Å². The van der Waals surface area contributed by atoms with Crippen molar-refractivity contribution in [1.82, 2.24) is 4.90 Å². The molecule has 1 aromatic carbocycles. The molecule has 0 spiro atoms. The lowest BCUT2D eigenvalue weighted by molar-refractivity contribution is -0.137. The monoisotopic (exact) mass is 221 g/mol. The zero-order chi connectivity index (χ0) is 11.7. The van der Waals surface area contributed by atoms with Crippen molar-refractivity contribution in [1.29, 1.82) is 0 Å². The quantitative estimate of drug-likeness (QED) is 0.713. The van der Waals surface area contributed by atoms with Gasteiger partial charge in [-0.25, -0.2) is 4.39 Å². The normalized spacial score (nSPS) is 25.9. The molecule has 1 heterocycles. The topological polar surface area (TPSA) is 20.3 Å². The number of likely N-dealkylation sites (tertiary alicyclic amines) is 1. The van der Waals surface area contributed by atoms with Gasteiger partial charge in [-0.3, -0.25) is 4.79 Å². The van der Waals surface area contributed by atoms with E-state index < -0.39 is 0 Å². The van der Waals surface area contributed by atoms with Crippen molar-refractivity contribution in [2.75, 3.05) is 13.6 Å². The van der Waals surface area contributed by atoms with E-state index >= 15 is 0 Å². The molecule has 0 N–H and O–H groups in total. The molecule has 2 atom stereocenters. The molecule has 1 fully saturated rings. The third kappa shape index (κ3) is 1.94. The Bertz CT molecular complexity index is 387. The van der Waals surface area contributed by atoms with Crippen LogP contribution in [0.25, 0.3) is 0 Å². The van der Waals surface area contributed by atoms with Crippen LogP contribution in [0.3, 0.4) is 0 Å². The van der Waals surface area contributed by atoms with Crippen LogP contribution in [-0.4, -0.2) is 24.4 Å². The smallest absolute Gasteiger partial charge is 0.225 e. The first kappa shape index (κ1) is 11.1. The van der Waals surface area contributed by atoms with Gasteiger partial charge in [-0.2, -0.15) is 0 Å². The lowest BCUT2D eigenvalue weighted by Gasteiger charge is -2.34. The van der Waals surface area contributed by atoms with Gasteiger partial charge in [-0.1, -0.05) is 19.1 Å². The van der Waals surface area contributed by atoms with Crippen LogP contribution < -0.4 is 0 Å². The van der Waals surface area contributed by atoms with Crippen LogP contribution in [0.1, 0.15) is 24.8 Å². The first-order valence-corrected chi connectivity index (χ1v) is 5.60. The maximum Gasteiger partial charge on any atom is 0.225 e. The molecular formula is C13H16FNO. The molecular weight excluding hydrogens is 205 g/mol. The van der Waals surface area contributed by atoms with Crippen molar-refractivity contribution in [2.24, 2.45) is 5.92 Å². The molecule has 1 saturated heterocycles. The van der Waals surface area contributed by atoms with Crippen LogP contribution in [0.5, 0.6) is 0 Å². The summed E-state index contributed by atoms with van der Waals surface area (Å²) >= 11 is 0. The Morgan fingerprint density at radius 2 is 1.94 bits per heavy atom. The van der Waals surface area contributed by atoms with Gasteiger partial charge in [0, 0.05) is 19.5 Å². The fourth-order valence-electron chi connectivity index (χ4n) is 2.38. The molecule has 16 heavy (non-hydrogen) atoms. The highest BCUT2D eigenvalue weighted by Crippen LogP contribution is 2.32. The summed E-state index contributed by atoms with van der Waals surface area (Å²) in [4.78, 5) is 13.6. The number of hydrogen-bond acceptors (Lipinski definition) is 1. The molecule has 0 saturated carbocycles. The third-order valence-electron chi connectivity index (χ3n) is 3.44. The van der Waals surface area contributed by atoms with Crippen molar-refractivity contribution in [3.8, 4) is 0 Å². The van der Waals surface area contributed by atoms with E-state index in [9.17, 15) is 9.18 Å². The highest BCUT2D eigenvalue weighted by Gasteiger charge is 2.32. The van der Waals surface area contributed by atoms with Gasteiger partial charge in [0.1, 0.15) is 5.82 Å². The lowest BCUT2D eigenvalue weighted by atomic mass is 9.81. The summed E-state index contributed by atoms with van der Waals surface area (Å²) in [5.74, 6) is 0.171. The fraction of sp³-hybridized carbons (Fsp3) is 0.462. The van der Waals surface area contributed by atoms with Crippen LogP contribution >= 0.6 is 0 Å². The third-order valence-corrected chi connectivity index (χ3v) is 3.44. The van der Waals surface area contributed by atoms with E-state index in [2.05, 4.69) is 0 Å². The molecule has 2 nitrogen and oxygen atoms in total. The van der Waals surface area contributed by atoms with Crippen LogP contribution in [0.15, 0.2) is 24.3 Å². The number of benzene rings is 1. The van der Waals surface area contributed by atoms with E-state index in [-0.39, 0.29) is 23.6 Å². The Morgan fingerprint density at radius 3 is 2.56 bits per heavy atom. The first-order chi connectivity index (χ1) is 7.59. The largest absolute Gasteiger partial charge is 0.345 e. The summed E-state index contributed by atoms with van der Waals surface area (Å²) in [6, 6.07) is 6.50. The number of carbonyl (C=O) groups excluding carboxylic acids is 1. The van der Waals surface area contributed by atoms with Gasteiger partial charge in [-0.15, -0.1) is 0 Å². The van der Waals surface area contributed by atoms with Crippen molar-refractivity contribution in [3.63, 3.8) is 0 Å². The highest BCUT2D eigenvalue weighted by molar-refractivity contribution is 5.80. The second-order valence-corrected chi connectivity index (χ2v) is 4.50. The fourth-order valence-corrected chi connectivity index (χ4v) is 2.38. The summed E-state index contributed by atoms with van der Waals surface area (Å²) < 4.78 is 12.8. The number of amides is 1. The minimum Gasteiger partial charge on any atom is -0.345 e. The molecule has 1 aliphatic rings. The Morgan fingerprint density at radius 1 is 1.31 bits per heavy atom. The second kappa shape index (κ2) is 4.24. The molecule has 0 aliphatic carbocycles. The molecule has 2 rings (SSSR count). The Labute approximate surface area is 95.1 Å². The van der Waals surface area contributed by atoms with E-state index in [0.717, 1.165) is 18.5 Å². The maximum atomic E-state index is 12.8. The number of hydrogen-bond donors (Lipinski definition) is 0. The predicted molar refractivity (Wildman–Crippen MR) is 60.6 cm³/mol. The lowest BCUT2D eigenvalue weighted by Crippen LogP contribution is -2.41.